The monoisotopic (exact) mass is 920 g/mol. The number of rotatable bonds is 10. The first kappa shape index (κ1) is 45.1. The summed E-state index contributed by atoms with van der Waals surface area (Å²) in [6.45, 7) is 5.88. The average molecular weight is 921 g/mol. The van der Waals surface area contributed by atoms with Crippen LogP contribution in [0.2, 0.25) is 0 Å². The van der Waals surface area contributed by atoms with E-state index in [0.717, 1.165) is 30.8 Å². The fraction of sp³-hybridized carbons (Fsp3) is 0.362. The maximum Gasteiger partial charge on any atom is 0.266 e. The number of nitrogens with one attached hydrogen (secondary N) is 5. The summed E-state index contributed by atoms with van der Waals surface area (Å²) in [4.78, 5) is 67.0. The van der Waals surface area contributed by atoms with Crippen LogP contribution in [-0.4, -0.2) is 90.8 Å². The van der Waals surface area contributed by atoms with Crippen LogP contribution in [0.3, 0.4) is 0 Å². The SMILES string of the molecule is COc1ccc2c(O[C@@H]3C[C@@H](C(=O)N[C@]45C[C@@H]4/C=C\CCCCCNc4ccccc4S(=O)(=O)NC5=O)N(C(=O)c4ccccc4NC(C)=O)C3)cc(-c3csc(NC(C)C)n3)nc2c1. The molecule has 5 N–H and O–H groups in total. The summed E-state index contributed by atoms with van der Waals surface area (Å²) in [5.41, 5.74) is 0.872. The number of thiazole rings is 1. The number of hydrogen-bond donors (Lipinski definition) is 5. The van der Waals surface area contributed by atoms with Crippen LogP contribution in [-0.2, 0) is 24.4 Å². The van der Waals surface area contributed by atoms with Gasteiger partial charge in [-0.2, -0.15) is 0 Å². The molecule has 18 heteroatoms. The van der Waals surface area contributed by atoms with Crippen LogP contribution in [0, 0.1) is 5.92 Å². The van der Waals surface area contributed by atoms with Crippen molar-refractivity contribution in [2.45, 2.75) is 87.9 Å². The Hall–Kier alpha value is -6.53. The first-order chi connectivity index (χ1) is 31.2. The highest BCUT2D eigenvalue weighted by Crippen LogP contribution is 2.46. The van der Waals surface area contributed by atoms with E-state index in [9.17, 15) is 27.6 Å². The van der Waals surface area contributed by atoms with E-state index < -0.39 is 51.3 Å². The van der Waals surface area contributed by atoms with Crippen LogP contribution >= 0.6 is 11.3 Å². The van der Waals surface area contributed by atoms with Crippen molar-refractivity contribution in [3.05, 3.63) is 95.9 Å². The van der Waals surface area contributed by atoms with E-state index in [1.165, 1.54) is 29.2 Å². The molecule has 65 heavy (non-hydrogen) atoms. The molecule has 2 aliphatic heterocycles. The summed E-state index contributed by atoms with van der Waals surface area (Å²) in [7, 11) is -2.83. The number of fused-ring (bicyclic) bond motifs is 3. The van der Waals surface area contributed by atoms with Gasteiger partial charge in [-0.15, -0.1) is 11.3 Å². The number of benzene rings is 3. The number of carbonyl (C=O) groups is 4. The number of hydrogen-bond acceptors (Lipinski definition) is 13. The van der Waals surface area contributed by atoms with Crippen molar-refractivity contribution < 1.29 is 37.1 Å². The number of likely N-dealkylation sites (tertiary alicyclic amines) is 1. The molecule has 0 spiro atoms. The van der Waals surface area contributed by atoms with Crippen molar-refractivity contribution in [1.82, 2.24) is 24.9 Å². The zero-order valence-corrected chi connectivity index (χ0v) is 38.2. The first-order valence-corrected chi connectivity index (χ1v) is 24.0. The minimum Gasteiger partial charge on any atom is -0.497 e. The number of carbonyl (C=O) groups excluding carboxylic acids is 4. The molecule has 16 nitrogen and oxygen atoms in total. The summed E-state index contributed by atoms with van der Waals surface area (Å²) in [6, 6.07) is 19.1. The zero-order chi connectivity index (χ0) is 45.9. The highest BCUT2D eigenvalue weighted by Gasteiger charge is 2.61. The van der Waals surface area contributed by atoms with E-state index in [-0.39, 0.29) is 47.5 Å². The van der Waals surface area contributed by atoms with Gasteiger partial charge in [0.2, 0.25) is 11.8 Å². The smallest absolute Gasteiger partial charge is 0.266 e. The minimum atomic E-state index is -4.39. The Morgan fingerprint density at radius 3 is 2.58 bits per heavy atom. The molecule has 4 heterocycles. The van der Waals surface area contributed by atoms with Gasteiger partial charge in [0.05, 0.1) is 41.8 Å². The first-order valence-electron chi connectivity index (χ1n) is 21.7. The molecule has 0 bridgehead atoms. The quantitative estimate of drug-likeness (QED) is 0.0924. The number of sulfonamides is 1. The summed E-state index contributed by atoms with van der Waals surface area (Å²) < 4.78 is 42.3. The average Bonchev–Trinajstić information content (AvgIpc) is 3.53. The summed E-state index contributed by atoms with van der Waals surface area (Å²) in [6.07, 6.45) is 6.57. The lowest BCUT2D eigenvalue weighted by atomic mass is 10.1. The molecule has 3 aliphatic rings. The molecule has 2 fully saturated rings. The van der Waals surface area contributed by atoms with Crippen LogP contribution in [0.25, 0.3) is 22.3 Å². The lowest BCUT2D eigenvalue weighted by Gasteiger charge is -2.27. The number of anilines is 3. The highest BCUT2D eigenvalue weighted by atomic mass is 32.2. The lowest BCUT2D eigenvalue weighted by molar-refractivity contribution is -0.131. The number of nitrogens with zero attached hydrogens (tertiary/aromatic N) is 3. The molecule has 2 aromatic heterocycles. The van der Waals surface area contributed by atoms with E-state index in [2.05, 4.69) is 26.0 Å². The summed E-state index contributed by atoms with van der Waals surface area (Å²) in [5, 5.41) is 15.4. The predicted octanol–water partition coefficient (Wildman–Crippen LogP) is 6.73. The Bertz CT molecular complexity index is 2780. The molecule has 8 rings (SSSR count). The second kappa shape index (κ2) is 18.9. The molecule has 340 valence electrons. The van der Waals surface area contributed by atoms with Crippen LogP contribution in [0.1, 0.15) is 69.7 Å². The fourth-order valence-corrected chi connectivity index (χ4v) is 10.4. The zero-order valence-electron chi connectivity index (χ0n) is 36.6. The number of methoxy groups -OCH3 is 1. The standard InChI is InChI=1S/C47H52N8O8S2/c1-28(2)49-46-52-39(27-64-46)38-24-41(33-20-19-31(62-4)22-37(33)51-38)63-32-23-40(55(26-32)44(58)34-15-9-10-16-35(34)50-29(3)56)43(57)53-47-25-30(47)14-8-6-5-7-13-21-48-36-17-11-12-18-42(36)65(60,61)54-45(47)59/h8-12,14-20,22,24,27-28,30,32,40,48H,5-7,13,21,23,25-26H2,1-4H3,(H,49,52)(H,50,56)(H,53,57)(H,54,59)/b14-8-/t30-,32+,40-,47+/m0/s1. The van der Waals surface area contributed by atoms with Gasteiger partial charge in [0.25, 0.3) is 21.8 Å². The van der Waals surface area contributed by atoms with Gasteiger partial charge in [0, 0.05) is 54.7 Å². The van der Waals surface area contributed by atoms with Crippen LogP contribution in [0.5, 0.6) is 11.5 Å². The third-order valence-electron chi connectivity index (χ3n) is 11.6. The van der Waals surface area contributed by atoms with E-state index >= 15 is 0 Å². The fourth-order valence-electron chi connectivity index (χ4n) is 8.34. The molecular formula is C47H52N8O8S2. The van der Waals surface area contributed by atoms with Crippen molar-refractivity contribution in [2.75, 3.05) is 36.1 Å². The van der Waals surface area contributed by atoms with E-state index in [1.54, 1.807) is 67.8 Å². The second-order valence-electron chi connectivity index (χ2n) is 16.8. The number of allylic oxidation sites excluding steroid dienone is 1. The molecule has 3 aromatic carbocycles. The second-order valence-corrected chi connectivity index (χ2v) is 19.3. The van der Waals surface area contributed by atoms with Gasteiger partial charge >= 0.3 is 0 Å². The topological polar surface area (TPSA) is 210 Å². The van der Waals surface area contributed by atoms with Crippen LogP contribution in [0.15, 0.2) is 95.2 Å². The van der Waals surface area contributed by atoms with Gasteiger partial charge in [-0.25, -0.2) is 23.1 Å². The third-order valence-corrected chi connectivity index (χ3v) is 13.8. The molecule has 1 aliphatic carbocycles. The molecular weight excluding hydrogens is 869 g/mol. The maximum atomic E-state index is 14.8. The van der Waals surface area contributed by atoms with Crippen molar-refractivity contribution >= 4 is 72.4 Å². The molecule has 1 saturated carbocycles. The number of pyridine rings is 1. The number of aromatic nitrogens is 2. The summed E-state index contributed by atoms with van der Waals surface area (Å²) >= 11 is 1.45. The van der Waals surface area contributed by atoms with E-state index in [4.69, 9.17) is 19.4 Å². The Balaban J connectivity index is 1.14. The van der Waals surface area contributed by atoms with E-state index in [0.29, 0.717) is 46.0 Å². The number of para-hydroxylation sites is 2. The maximum absolute atomic E-state index is 14.8. The van der Waals surface area contributed by atoms with Gasteiger partial charge in [-0.1, -0.05) is 42.8 Å². The molecule has 5 aromatic rings. The van der Waals surface area contributed by atoms with Gasteiger partial charge in [-0.3, -0.25) is 19.2 Å². The van der Waals surface area contributed by atoms with Gasteiger partial charge in [-0.05, 0) is 75.9 Å². The Morgan fingerprint density at radius 1 is 0.985 bits per heavy atom. The normalized spacial score (nSPS) is 22.2. The van der Waals surface area contributed by atoms with Gasteiger partial charge in [0.1, 0.15) is 39.8 Å². The van der Waals surface area contributed by atoms with E-state index in [1.807, 2.05) is 37.4 Å². The largest absolute Gasteiger partial charge is 0.497 e. The molecule has 4 atom stereocenters. The summed E-state index contributed by atoms with van der Waals surface area (Å²) in [5.74, 6) is -1.99. The number of amides is 4. The molecule has 4 amide bonds. The molecule has 0 radical (unpaired) electrons. The van der Waals surface area contributed by atoms with Crippen molar-refractivity contribution in [3.8, 4) is 22.9 Å². The lowest BCUT2D eigenvalue weighted by Crippen LogP contribution is -2.56. The Morgan fingerprint density at radius 2 is 1.78 bits per heavy atom. The van der Waals surface area contributed by atoms with Gasteiger partial charge in [0.15, 0.2) is 5.13 Å². The highest BCUT2D eigenvalue weighted by molar-refractivity contribution is 7.90. The van der Waals surface area contributed by atoms with Crippen molar-refractivity contribution in [3.63, 3.8) is 0 Å². The van der Waals surface area contributed by atoms with Crippen molar-refractivity contribution in [1.29, 1.82) is 0 Å². The van der Waals surface area contributed by atoms with Crippen LogP contribution in [0.4, 0.5) is 16.5 Å². The van der Waals surface area contributed by atoms with Gasteiger partial charge < -0.3 is 35.6 Å². The molecule has 1 saturated heterocycles. The Kier molecular flexibility index (Phi) is 13.1. The van der Waals surface area contributed by atoms with Crippen molar-refractivity contribution in [2.24, 2.45) is 5.92 Å². The predicted molar refractivity (Wildman–Crippen MR) is 250 cm³/mol. The Labute approximate surface area is 381 Å². The number of ether oxygens (including phenoxy) is 2. The minimum absolute atomic E-state index is 0.00386. The van der Waals surface area contributed by atoms with Crippen LogP contribution < -0.4 is 35.5 Å². The third kappa shape index (κ3) is 9.93. The molecule has 0 unspecified atom stereocenters.